The van der Waals surface area contributed by atoms with Gasteiger partial charge in [-0.3, -0.25) is 4.79 Å². The Morgan fingerprint density at radius 1 is 1.11 bits per heavy atom. The Labute approximate surface area is 216 Å². The largest absolute Gasteiger partial charge is 0.486 e. The minimum Gasteiger partial charge on any atom is -0.486 e. The quantitative estimate of drug-likeness (QED) is 0.343. The van der Waals surface area contributed by atoms with Crippen LogP contribution in [0.5, 0.6) is 5.75 Å². The van der Waals surface area contributed by atoms with Gasteiger partial charge in [0.05, 0.1) is 28.4 Å². The van der Waals surface area contributed by atoms with E-state index < -0.39 is 24.0 Å². The number of fused-ring (bicyclic) bond motifs is 1. The van der Waals surface area contributed by atoms with Crippen LogP contribution in [0.1, 0.15) is 22.7 Å². The van der Waals surface area contributed by atoms with Gasteiger partial charge in [-0.05, 0) is 42.0 Å². The summed E-state index contributed by atoms with van der Waals surface area (Å²) in [4.78, 5) is 37.6. The highest BCUT2D eigenvalue weighted by Gasteiger charge is 2.41. The van der Waals surface area contributed by atoms with Crippen LogP contribution in [-0.2, 0) is 16.1 Å². The van der Waals surface area contributed by atoms with Crippen molar-refractivity contribution in [1.82, 2.24) is 15.3 Å². The molecular formula is C27H20ClN5O4. The normalized spacial score (nSPS) is 17.0. The summed E-state index contributed by atoms with van der Waals surface area (Å²) in [5, 5.41) is 13.1. The third-order valence-corrected chi connectivity index (χ3v) is 6.25. The second kappa shape index (κ2) is 10.5. The third-order valence-electron chi connectivity index (χ3n) is 5.94. The number of aromatic nitrogens is 2. The molecule has 2 atom stereocenters. The molecule has 1 aliphatic heterocycles. The van der Waals surface area contributed by atoms with Crippen molar-refractivity contribution in [2.45, 2.75) is 12.6 Å². The number of nitriles is 1. The number of para-hydroxylation sites is 1. The Hall–Kier alpha value is -4.68. The predicted molar refractivity (Wildman–Crippen MR) is 136 cm³/mol. The molecule has 2 N–H and O–H groups in total. The topological polar surface area (TPSA) is 129 Å². The molecule has 2 aromatic carbocycles. The van der Waals surface area contributed by atoms with Crippen LogP contribution in [0.3, 0.4) is 0 Å². The first kappa shape index (κ1) is 24.0. The van der Waals surface area contributed by atoms with Crippen LogP contribution in [0.4, 0.5) is 4.79 Å². The van der Waals surface area contributed by atoms with Crippen molar-refractivity contribution >= 4 is 40.3 Å². The predicted octanol–water partition coefficient (Wildman–Crippen LogP) is 4.73. The van der Waals surface area contributed by atoms with Crippen molar-refractivity contribution in [3.05, 3.63) is 94.8 Å². The number of carbonyl (C=O) groups excluding carboxylic acids is 2. The van der Waals surface area contributed by atoms with Crippen molar-refractivity contribution in [3.8, 4) is 11.8 Å². The number of ether oxygens (including phenoxy) is 2. The maximum Gasteiger partial charge on any atom is 0.341 e. The summed E-state index contributed by atoms with van der Waals surface area (Å²) in [5.41, 5.74) is 2.59. The molecule has 10 heteroatoms. The zero-order valence-electron chi connectivity index (χ0n) is 19.3. The Kier molecular flexibility index (Phi) is 6.83. The molecule has 3 heterocycles. The molecule has 0 aliphatic carbocycles. The summed E-state index contributed by atoms with van der Waals surface area (Å²) in [6.07, 6.45) is 3.35. The molecule has 0 saturated carbocycles. The fraction of sp³-hybridized carbons (Fsp3) is 0.148. The van der Waals surface area contributed by atoms with Gasteiger partial charge in [-0.25, -0.2) is 9.78 Å². The van der Waals surface area contributed by atoms with Gasteiger partial charge in [0, 0.05) is 23.3 Å². The molecule has 1 aliphatic rings. The highest BCUT2D eigenvalue weighted by molar-refractivity contribution is 6.32. The third kappa shape index (κ3) is 5.15. The van der Waals surface area contributed by atoms with Gasteiger partial charge < -0.3 is 19.8 Å². The average Bonchev–Trinajstić information content (AvgIpc) is 3.35. The summed E-state index contributed by atoms with van der Waals surface area (Å²) in [7, 11) is 0. The SMILES string of the molecule is N#Cc1cccc(COC(=O)C2C(COc3ccccc3Cl)=NC(=O)NC2c2c[nH]c3ncccc23)c1. The van der Waals surface area contributed by atoms with Crippen LogP contribution < -0.4 is 10.1 Å². The van der Waals surface area contributed by atoms with Gasteiger partial charge in [-0.15, -0.1) is 0 Å². The maximum atomic E-state index is 13.5. The Balaban J connectivity index is 1.47. The van der Waals surface area contributed by atoms with E-state index in [0.717, 1.165) is 5.39 Å². The second-order valence-electron chi connectivity index (χ2n) is 8.29. The highest BCUT2D eigenvalue weighted by Crippen LogP contribution is 2.33. The van der Waals surface area contributed by atoms with E-state index in [1.807, 2.05) is 6.07 Å². The number of nitrogens with one attached hydrogen (secondary N) is 2. The van der Waals surface area contributed by atoms with E-state index in [4.69, 9.17) is 26.3 Å². The van der Waals surface area contributed by atoms with Crippen LogP contribution >= 0.6 is 11.6 Å². The first-order valence-corrected chi connectivity index (χ1v) is 11.7. The number of hydrogen-bond acceptors (Lipinski definition) is 6. The van der Waals surface area contributed by atoms with Gasteiger partial charge in [-0.1, -0.05) is 35.9 Å². The molecule has 184 valence electrons. The minimum atomic E-state index is -0.987. The van der Waals surface area contributed by atoms with Gasteiger partial charge in [-0.2, -0.15) is 10.3 Å². The Morgan fingerprint density at radius 3 is 2.81 bits per heavy atom. The van der Waals surface area contributed by atoms with Crippen LogP contribution in [0, 0.1) is 17.2 Å². The number of hydrogen-bond donors (Lipinski definition) is 2. The molecule has 37 heavy (non-hydrogen) atoms. The van der Waals surface area contributed by atoms with Crippen molar-refractivity contribution in [3.63, 3.8) is 0 Å². The monoisotopic (exact) mass is 513 g/mol. The van der Waals surface area contributed by atoms with Crippen LogP contribution in [0.2, 0.25) is 5.02 Å². The van der Waals surface area contributed by atoms with Gasteiger partial charge in [0.2, 0.25) is 0 Å². The minimum absolute atomic E-state index is 0.0559. The number of H-pyrrole nitrogens is 1. The van der Waals surface area contributed by atoms with Crippen LogP contribution in [0.25, 0.3) is 11.0 Å². The molecule has 0 radical (unpaired) electrons. The maximum absolute atomic E-state index is 13.5. The van der Waals surface area contributed by atoms with Crippen molar-refractivity contribution < 1.29 is 19.1 Å². The van der Waals surface area contributed by atoms with E-state index in [1.54, 1.807) is 67.0 Å². The smallest absolute Gasteiger partial charge is 0.341 e. The molecule has 2 unspecified atom stereocenters. The number of rotatable bonds is 7. The molecule has 5 rings (SSSR count). The lowest BCUT2D eigenvalue weighted by atomic mass is 9.88. The van der Waals surface area contributed by atoms with Crippen LogP contribution in [0.15, 0.2) is 78.0 Å². The van der Waals surface area contributed by atoms with Gasteiger partial charge in [0.15, 0.2) is 0 Å². The van der Waals surface area contributed by atoms with E-state index >= 15 is 0 Å². The molecule has 0 fully saturated rings. The number of pyridine rings is 1. The zero-order valence-corrected chi connectivity index (χ0v) is 20.1. The molecule has 0 bridgehead atoms. The van der Waals surface area contributed by atoms with E-state index in [2.05, 4.69) is 26.3 Å². The number of urea groups is 1. The molecule has 2 aromatic heterocycles. The number of aliphatic imine (C=N–C) groups is 1. The van der Waals surface area contributed by atoms with Crippen LogP contribution in [-0.4, -0.2) is 34.3 Å². The summed E-state index contributed by atoms with van der Waals surface area (Å²) in [6, 6.07) is 18.0. The molecular weight excluding hydrogens is 494 g/mol. The second-order valence-corrected chi connectivity index (χ2v) is 8.70. The molecule has 0 spiro atoms. The zero-order chi connectivity index (χ0) is 25.8. The van der Waals surface area contributed by atoms with E-state index in [0.29, 0.717) is 33.1 Å². The number of nitrogens with zero attached hydrogens (tertiary/aromatic N) is 3. The summed E-state index contributed by atoms with van der Waals surface area (Å²) in [6.45, 7) is -0.211. The molecule has 4 aromatic rings. The number of amides is 2. The number of benzene rings is 2. The lowest BCUT2D eigenvalue weighted by Crippen LogP contribution is -2.46. The number of esters is 1. The Bertz CT molecular complexity index is 1560. The molecule has 2 amide bonds. The lowest BCUT2D eigenvalue weighted by molar-refractivity contribution is -0.148. The summed E-state index contributed by atoms with van der Waals surface area (Å²) >= 11 is 6.22. The first-order chi connectivity index (χ1) is 18.0. The highest BCUT2D eigenvalue weighted by atomic mass is 35.5. The number of aromatic amines is 1. The van der Waals surface area contributed by atoms with E-state index in [9.17, 15) is 9.59 Å². The van der Waals surface area contributed by atoms with E-state index in [-0.39, 0.29) is 18.9 Å². The Morgan fingerprint density at radius 2 is 1.97 bits per heavy atom. The number of carbonyl (C=O) groups is 2. The molecule has 0 saturated heterocycles. The van der Waals surface area contributed by atoms with Crippen molar-refractivity contribution in [2.75, 3.05) is 6.61 Å². The first-order valence-electron chi connectivity index (χ1n) is 11.4. The summed E-state index contributed by atoms with van der Waals surface area (Å²) in [5.74, 6) is -1.20. The van der Waals surface area contributed by atoms with E-state index in [1.165, 1.54) is 0 Å². The standard InChI is InChI=1S/C27H20ClN5O4/c28-20-8-1-2-9-22(20)36-15-21-23(26(34)37-14-17-6-3-5-16(11-17)12-29)24(33-27(35)32-21)19-13-31-25-18(19)7-4-10-30-25/h1-11,13,23-24H,14-15H2,(H,30,31)(H,33,35). The summed E-state index contributed by atoms with van der Waals surface area (Å²) < 4.78 is 11.5. The fourth-order valence-electron chi connectivity index (χ4n) is 4.22. The van der Waals surface area contributed by atoms with Gasteiger partial charge in [0.25, 0.3) is 0 Å². The number of halogens is 1. The molecule has 9 nitrogen and oxygen atoms in total. The van der Waals surface area contributed by atoms with Crippen molar-refractivity contribution in [1.29, 1.82) is 5.26 Å². The van der Waals surface area contributed by atoms with Gasteiger partial charge >= 0.3 is 12.0 Å². The van der Waals surface area contributed by atoms with Gasteiger partial charge in [0.1, 0.15) is 30.5 Å². The fourth-order valence-corrected chi connectivity index (χ4v) is 4.41. The average molecular weight is 514 g/mol. The van der Waals surface area contributed by atoms with Crippen molar-refractivity contribution in [2.24, 2.45) is 10.9 Å². The lowest BCUT2D eigenvalue weighted by Gasteiger charge is -2.30.